The highest BCUT2D eigenvalue weighted by molar-refractivity contribution is 8.01. The Balaban J connectivity index is 1.81. The zero-order valence-electron chi connectivity index (χ0n) is 14.1. The fourth-order valence-electron chi connectivity index (χ4n) is 3.11. The van der Waals surface area contributed by atoms with E-state index in [-0.39, 0.29) is 18.3 Å². The Morgan fingerprint density at radius 2 is 2.00 bits per heavy atom. The molecule has 3 rings (SSSR count). The fourth-order valence-corrected chi connectivity index (χ4v) is 4.37. The van der Waals surface area contributed by atoms with Crippen LogP contribution in [-0.4, -0.2) is 76.0 Å². The molecule has 2 aliphatic heterocycles. The van der Waals surface area contributed by atoms with Gasteiger partial charge in [0.05, 0.1) is 24.5 Å². The van der Waals surface area contributed by atoms with Crippen molar-refractivity contribution in [2.24, 2.45) is 0 Å². The van der Waals surface area contributed by atoms with Gasteiger partial charge in [0.1, 0.15) is 29.8 Å². The Hall–Kier alpha value is -1.65. The van der Waals surface area contributed by atoms with Gasteiger partial charge in [-0.05, 0) is 31.2 Å². The van der Waals surface area contributed by atoms with E-state index in [1.165, 1.54) is 16.7 Å². The number of nitrogens with zero attached hydrogens (tertiary/aromatic N) is 1. The molecule has 0 aliphatic carbocycles. The van der Waals surface area contributed by atoms with E-state index in [1.54, 1.807) is 31.2 Å². The summed E-state index contributed by atoms with van der Waals surface area (Å²) in [6, 6.07) is 6.39. The van der Waals surface area contributed by atoms with Crippen LogP contribution < -0.4 is 4.90 Å². The first-order valence-electron chi connectivity index (χ1n) is 8.31. The number of aliphatic hydroxyl groups excluding tert-OH is 3. The molecule has 0 aromatic heterocycles. The fraction of sp³-hybridized carbons (Fsp3) is 0.529. The first kappa shape index (κ1) is 19.1. The van der Waals surface area contributed by atoms with Crippen molar-refractivity contribution in [3.63, 3.8) is 0 Å². The Bertz CT molecular complexity index is 668. The molecule has 1 amide bonds. The van der Waals surface area contributed by atoms with Crippen LogP contribution in [0.15, 0.2) is 24.3 Å². The molecule has 2 heterocycles. The van der Waals surface area contributed by atoms with Gasteiger partial charge in [0.25, 0.3) is 0 Å². The zero-order valence-corrected chi connectivity index (χ0v) is 15.0. The molecule has 0 radical (unpaired) electrons. The van der Waals surface area contributed by atoms with Crippen LogP contribution in [0.4, 0.5) is 5.69 Å². The molecule has 0 unspecified atom stereocenters. The smallest absolute Gasteiger partial charge is 0.338 e. The van der Waals surface area contributed by atoms with Crippen molar-refractivity contribution in [3.05, 3.63) is 29.8 Å². The summed E-state index contributed by atoms with van der Waals surface area (Å²) in [6.45, 7) is 1.57. The molecule has 26 heavy (non-hydrogen) atoms. The summed E-state index contributed by atoms with van der Waals surface area (Å²) in [5.74, 6) is -0.403. The first-order chi connectivity index (χ1) is 12.5. The minimum absolute atomic E-state index is 0.165. The van der Waals surface area contributed by atoms with Crippen molar-refractivity contribution in [3.8, 4) is 0 Å². The number of benzene rings is 1. The summed E-state index contributed by atoms with van der Waals surface area (Å²) < 4.78 is 10.5. The number of hydrogen-bond donors (Lipinski definition) is 3. The van der Waals surface area contributed by atoms with Crippen molar-refractivity contribution < 1.29 is 34.4 Å². The van der Waals surface area contributed by atoms with Gasteiger partial charge in [-0.1, -0.05) is 0 Å². The highest BCUT2D eigenvalue weighted by Crippen LogP contribution is 2.38. The number of esters is 1. The summed E-state index contributed by atoms with van der Waals surface area (Å²) in [6.07, 6.45) is -4.14. The van der Waals surface area contributed by atoms with Crippen LogP contribution in [0.1, 0.15) is 17.3 Å². The van der Waals surface area contributed by atoms with Crippen molar-refractivity contribution in [2.75, 3.05) is 23.9 Å². The van der Waals surface area contributed by atoms with Gasteiger partial charge < -0.3 is 24.8 Å². The highest BCUT2D eigenvalue weighted by Gasteiger charge is 2.50. The van der Waals surface area contributed by atoms with Crippen LogP contribution in [0, 0.1) is 0 Å². The molecular weight excluding hydrogens is 362 g/mol. The average molecular weight is 383 g/mol. The third-order valence-corrected chi connectivity index (χ3v) is 5.65. The maximum Gasteiger partial charge on any atom is 0.338 e. The number of thioether (sulfide) groups is 1. The van der Waals surface area contributed by atoms with Gasteiger partial charge in [-0.15, -0.1) is 11.8 Å². The second kappa shape index (κ2) is 7.93. The van der Waals surface area contributed by atoms with Gasteiger partial charge >= 0.3 is 5.97 Å². The van der Waals surface area contributed by atoms with Gasteiger partial charge in [0.15, 0.2) is 0 Å². The molecule has 0 saturated carbocycles. The SMILES string of the molecule is CCOC(=O)c1ccc(N2C(=O)CS[C@@H]2[C@H]2O[C@H](CO)[C@@H](O)[C@@H]2O)cc1. The molecule has 0 spiro atoms. The van der Waals surface area contributed by atoms with Crippen LogP contribution in [0.25, 0.3) is 0 Å². The topological polar surface area (TPSA) is 117 Å². The van der Waals surface area contributed by atoms with Crippen LogP contribution in [-0.2, 0) is 14.3 Å². The number of ether oxygens (including phenoxy) is 2. The molecular formula is C17H21NO7S. The van der Waals surface area contributed by atoms with Crippen LogP contribution in [0.3, 0.4) is 0 Å². The lowest BCUT2D eigenvalue weighted by Crippen LogP contribution is -2.46. The van der Waals surface area contributed by atoms with E-state index in [0.717, 1.165) is 0 Å². The van der Waals surface area contributed by atoms with Crippen molar-refractivity contribution >= 4 is 29.3 Å². The number of carbonyl (C=O) groups is 2. The number of anilines is 1. The monoisotopic (exact) mass is 383 g/mol. The van der Waals surface area contributed by atoms with E-state index < -0.39 is 42.4 Å². The summed E-state index contributed by atoms with van der Waals surface area (Å²) in [5, 5.41) is 28.9. The predicted octanol–water partition coefficient (Wildman–Crippen LogP) is -0.249. The molecule has 1 aromatic rings. The van der Waals surface area contributed by atoms with E-state index in [2.05, 4.69) is 0 Å². The molecule has 8 nitrogen and oxygen atoms in total. The molecule has 3 N–H and O–H groups in total. The number of hydrogen-bond acceptors (Lipinski definition) is 8. The van der Waals surface area contributed by atoms with E-state index in [9.17, 15) is 24.9 Å². The van der Waals surface area contributed by atoms with E-state index >= 15 is 0 Å². The highest BCUT2D eigenvalue weighted by atomic mass is 32.2. The number of rotatable bonds is 5. The largest absolute Gasteiger partial charge is 0.462 e. The quantitative estimate of drug-likeness (QED) is 0.596. The van der Waals surface area contributed by atoms with Crippen LogP contribution in [0.2, 0.25) is 0 Å². The second-order valence-electron chi connectivity index (χ2n) is 6.04. The number of amides is 1. The molecule has 1 aromatic carbocycles. The minimum atomic E-state index is -1.21. The van der Waals surface area contributed by atoms with E-state index in [4.69, 9.17) is 9.47 Å². The zero-order chi connectivity index (χ0) is 18.8. The summed E-state index contributed by atoms with van der Waals surface area (Å²) in [7, 11) is 0. The molecule has 142 valence electrons. The predicted molar refractivity (Wildman–Crippen MR) is 93.9 cm³/mol. The average Bonchev–Trinajstić information content (AvgIpc) is 3.15. The summed E-state index contributed by atoms with van der Waals surface area (Å²) >= 11 is 1.29. The van der Waals surface area contributed by atoms with E-state index in [1.807, 2.05) is 0 Å². The molecule has 2 fully saturated rings. The molecule has 2 saturated heterocycles. The van der Waals surface area contributed by atoms with Crippen LogP contribution in [0.5, 0.6) is 0 Å². The maximum absolute atomic E-state index is 12.4. The standard InChI is InChI=1S/C17H21NO7S/c1-2-24-17(23)9-3-5-10(6-4-9)18-12(20)8-26-16(18)15-14(22)13(21)11(7-19)25-15/h3-6,11,13-16,19,21-22H,2,7-8H2,1H3/t11-,13-,14+,15+,16-/m1/s1. The van der Waals surface area contributed by atoms with Crippen molar-refractivity contribution in [1.82, 2.24) is 0 Å². The van der Waals surface area contributed by atoms with E-state index in [0.29, 0.717) is 11.3 Å². The third kappa shape index (κ3) is 3.45. The maximum atomic E-state index is 12.4. The van der Waals surface area contributed by atoms with Crippen LogP contribution >= 0.6 is 11.8 Å². The van der Waals surface area contributed by atoms with Gasteiger partial charge in [0.2, 0.25) is 5.91 Å². The Morgan fingerprint density at radius 3 is 2.58 bits per heavy atom. The van der Waals surface area contributed by atoms with Gasteiger partial charge in [-0.25, -0.2) is 4.79 Å². The lowest BCUT2D eigenvalue weighted by atomic mass is 10.1. The van der Waals surface area contributed by atoms with Gasteiger partial charge in [-0.2, -0.15) is 0 Å². The Morgan fingerprint density at radius 1 is 1.31 bits per heavy atom. The second-order valence-corrected chi connectivity index (χ2v) is 7.14. The number of aliphatic hydroxyl groups is 3. The lowest BCUT2D eigenvalue weighted by Gasteiger charge is -2.30. The Labute approximate surface area is 154 Å². The first-order valence-corrected chi connectivity index (χ1v) is 9.36. The third-order valence-electron chi connectivity index (χ3n) is 4.42. The Kier molecular flexibility index (Phi) is 5.83. The van der Waals surface area contributed by atoms with Gasteiger partial charge in [-0.3, -0.25) is 9.69 Å². The van der Waals surface area contributed by atoms with Crippen molar-refractivity contribution in [1.29, 1.82) is 0 Å². The normalized spacial score (nSPS) is 31.5. The lowest BCUT2D eigenvalue weighted by molar-refractivity contribution is -0.116. The summed E-state index contributed by atoms with van der Waals surface area (Å²) in [4.78, 5) is 25.6. The van der Waals surface area contributed by atoms with Crippen molar-refractivity contribution in [2.45, 2.75) is 36.7 Å². The number of carbonyl (C=O) groups excluding carboxylic acids is 2. The molecule has 2 aliphatic rings. The molecule has 0 bridgehead atoms. The van der Waals surface area contributed by atoms with Gasteiger partial charge in [0, 0.05) is 5.69 Å². The summed E-state index contributed by atoms with van der Waals surface area (Å²) in [5.41, 5.74) is 0.926. The molecule has 5 atom stereocenters. The minimum Gasteiger partial charge on any atom is -0.462 e. The molecule has 9 heteroatoms.